The van der Waals surface area contributed by atoms with Crippen molar-refractivity contribution in [1.82, 2.24) is 9.21 Å². The van der Waals surface area contributed by atoms with Gasteiger partial charge in [0.2, 0.25) is 15.9 Å². The Morgan fingerprint density at radius 3 is 2.10 bits per heavy atom. The van der Waals surface area contributed by atoms with Crippen molar-refractivity contribution in [2.24, 2.45) is 5.92 Å². The molecule has 1 fully saturated rings. The molecule has 0 bridgehead atoms. The van der Waals surface area contributed by atoms with Crippen molar-refractivity contribution in [3.8, 4) is 0 Å². The summed E-state index contributed by atoms with van der Waals surface area (Å²) < 4.78 is 27.6. The number of hydrogen-bond acceptors (Lipinski definition) is 3. The molecule has 162 valence electrons. The van der Waals surface area contributed by atoms with E-state index in [4.69, 9.17) is 0 Å². The van der Waals surface area contributed by atoms with E-state index in [-0.39, 0.29) is 17.2 Å². The standard InChI is InChI=1S/C24H32N2O3S/c1-24(2,3)21-10-12-22(13-11-21)30(28,29)26-16-14-20(15-17-26)23(27)25(4)18-19-8-6-5-7-9-19/h5-13,20H,14-18H2,1-4H3. The summed E-state index contributed by atoms with van der Waals surface area (Å²) >= 11 is 0. The molecule has 0 spiro atoms. The van der Waals surface area contributed by atoms with Crippen molar-refractivity contribution in [3.05, 3.63) is 65.7 Å². The normalized spacial score (nSPS) is 16.4. The molecule has 0 radical (unpaired) electrons. The summed E-state index contributed by atoms with van der Waals surface area (Å²) in [4.78, 5) is 14.9. The Labute approximate surface area is 180 Å². The van der Waals surface area contributed by atoms with Gasteiger partial charge in [-0.15, -0.1) is 0 Å². The van der Waals surface area contributed by atoms with E-state index in [1.807, 2.05) is 49.5 Å². The van der Waals surface area contributed by atoms with Crippen LogP contribution < -0.4 is 0 Å². The third kappa shape index (κ3) is 5.10. The van der Waals surface area contributed by atoms with Gasteiger partial charge in [-0.3, -0.25) is 4.79 Å². The number of nitrogens with zero attached hydrogens (tertiary/aromatic N) is 2. The zero-order chi connectivity index (χ0) is 21.9. The molecule has 0 aliphatic carbocycles. The minimum absolute atomic E-state index is 0.0211. The Morgan fingerprint density at radius 2 is 1.57 bits per heavy atom. The van der Waals surface area contributed by atoms with Gasteiger partial charge in [-0.2, -0.15) is 4.31 Å². The van der Waals surface area contributed by atoms with Gasteiger partial charge in [0.25, 0.3) is 0 Å². The van der Waals surface area contributed by atoms with Gasteiger partial charge in [-0.1, -0.05) is 63.2 Å². The van der Waals surface area contributed by atoms with Crippen molar-refractivity contribution in [2.45, 2.75) is 50.5 Å². The zero-order valence-corrected chi connectivity index (χ0v) is 19.2. The van der Waals surface area contributed by atoms with Crippen LogP contribution in [0.4, 0.5) is 0 Å². The number of carbonyl (C=O) groups is 1. The maximum absolute atomic E-state index is 13.0. The lowest BCUT2D eigenvalue weighted by Gasteiger charge is -2.32. The van der Waals surface area contributed by atoms with Crippen molar-refractivity contribution in [2.75, 3.05) is 20.1 Å². The van der Waals surface area contributed by atoms with Gasteiger partial charge in [0.15, 0.2) is 0 Å². The quantitative estimate of drug-likeness (QED) is 0.722. The van der Waals surface area contributed by atoms with E-state index in [9.17, 15) is 13.2 Å². The summed E-state index contributed by atoms with van der Waals surface area (Å²) in [5, 5.41) is 0. The molecule has 0 atom stereocenters. The van der Waals surface area contributed by atoms with E-state index in [2.05, 4.69) is 20.8 Å². The maximum atomic E-state index is 13.0. The highest BCUT2D eigenvalue weighted by Crippen LogP contribution is 2.28. The third-order valence-electron chi connectivity index (χ3n) is 5.80. The van der Waals surface area contributed by atoms with Crippen molar-refractivity contribution in [1.29, 1.82) is 0 Å². The SMILES string of the molecule is CN(Cc1ccccc1)C(=O)C1CCN(S(=O)(=O)c2ccc(C(C)(C)C)cc2)CC1. The number of benzene rings is 2. The van der Waals surface area contributed by atoms with Gasteiger partial charge in [0.05, 0.1) is 4.90 Å². The van der Waals surface area contributed by atoms with E-state index < -0.39 is 10.0 Å². The maximum Gasteiger partial charge on any atom is 0.243 e. The molecule has 2 aromatic carbocycles. The predicted molar refractivity (Wildman–Crippen MR) is 120 cm³/mol. The molecule has 1 saturated heterocycles. The second-order valence-corrected chi connectivity index (χ2v) is 11.1. The summed E-state index contributed by atoms with van der Waals surface area (Å²) in [6.45, 7) is 7.63. The fourth-order valence-corrected chi connectivity index (χ4v) is 5.34. The number of sulfonamides is 1. The first-order valence-electron chi connectivity index (χ1n) is 10.5. The van der Waals surface area contributed by atoms with Crippen LogP contribution in [0.1, 0.15) is 44.7 Å². The van der Waals surface area contributed by atoms with Crippen molar-refractivity contribution < 1.29 is 13.2 Å². The molecule has 0 saturated carbocycles. The van der Waals surface area contributed by atoms with Gasteiger partial charge >= 0.3 is 0 Å². The number of carbonyl (C=O) groups excluding carboxylic acids is 1. The van der Waals surface area contributed by atoms with Gasteiger partial charge in [0.1, 0.15) is 0 Å². The smallest absolute Gasteiger partial charge is 0.243 e. The fraction of sp³-hybridized carbons (Fsp3) is 0.458. The van der Waals surface area contributed by atoms with Gasteiger partial charge < -0.3 is 4.90 Å². The van der Waals surface area contributed by atoms with Crippen LogP contribution in [-0.2, 0) is 26.8 Å². The van der Waals surface area contributed by atoms with Crippen LogP contribution >= 0.6 is 0 Å². The van der Waals surface area contributed by atoms with Gasteiger partial charge in [0, 0.05) is 32.6 Å². The number of hydrogen-bond donors (Lipinski definition) is 0. The van der Waals surface area contributed by atoms with E-state index in [1.54, 1.807) is 17.0 Å². The topological polar surface area (TPSA) is 57.7 Å². The molecule has 0 N–H and O–H groups in total. The molecule has 5 nitrogen and oxygen atoms in total. The van der Waals surface area contributed by atoms with Gasteiger partial charge in [-0.05, 0) is 41.5 Å². The van der Waals surface area contributed by atoms with Crippen LogP contribution in [-0.4, -0.2) is 43.7 Å². The van der Waals surface area contributed by atoms with Gasteiger partial charge in [-0.25, -0.2) is 8.42 Å². The summed E-state index contributed by atoms with van der Waals surface area (Å²) in [5.41, 5.74) is 2.17. The summed E-state index contributed by atoms with van der Waals surface area (Å²) in [5.74, 6) is -0.0427. The van der Waals surface area contributed by atoms with E-state index in [1.165, 1.54) is 4.31 Å². The lowest BCUT2D eigenvalue weighted by Crippen LogP contribution is -2.43. The van der Waals surface area contributed by atoms with E-state index in [0.717, 1.165) is 11.1 Å². The molecular weight excluding hydrogens is 396 g/mol. The fourth-order valence-electron chi connectivity index (χ4n) is 3.87. The highest BCUT2D eigenvalue weighted by Gasteiger charge is 2.33. The van der Waals surface area contributed by atoms with Crippen LogP contribution in [0.2, 0.25) is 0 Å². The Hall–Kier alpha value is -2.18. The molecule has 1 aliphatic heterocycles. The van der Waals surface area contributed by atoms with Crippen molar-refractivity contribution >= 4 is 15.9 Å². The Morgan fingerprint density at radius 1 is 1.00 bits per heavy atom. The zero-order valence-electron chi connectivity index (χ0n) is 18.3. The summed E-state index contributed by atoms with van der Waals surface area (Å²) in [7, 11) is -1.72. The molecule has 3 rings (SSSR count). The highest BCUT2D eigenvalue weighted by atomic mass is 32.2. The molecule has 1 amide bonds. The number of amides is 1. The minimum Gasteiger partial charge on any atom is -0.341 e. The molecule has 1 heterocycles. The Balaban J connectivity index is 1.60. The number of rotatable bonds is 5. The largest absolute Gasteiger partial charge is 0.341 e. The molecule has 2 aromatic rings. The van der Waals surface area contributed by atoms with Crippen LogP contribution in [0, 0.1) is 5.92 Å². The van der Waals surface area contributed by atoms with Crippen LogP contribution in [0.3, 0.4) is 0 Å². The number of piperidine rings is 1. The first-order chi connectivity index (χ1) is 14.1. The first-order valence-corrected chi connectivity index (χ1v) is 11.9. The minimum atomic E-state index is -3.53. The Bertz CT molecular complexity index is 956. The summed E-state index contributed by atoms with van der Waals surface area (Å²) in [6.07, 6.45) is 1.11. The predicted octanol–water partition coefficient (Wildman–Crippen LogP) is 4.04. The lowest BCUT2D eigenvalue weighted by atomic mass is 9.87. The van der Waals surface area contributed by atoms with E-state index in [0.29, 0.717) is 37.4 Å². The summed E-state index contributed by atoms with van der Waals surface area (Å²) in [6, 6.07) is 17.1. The Kier molecular flexibility index (Phi) is 6.68. The average molecular weight is 429 g/mol. The monoisotopic (exact) mass is 428 g/mol. The first kappa shape index (κ1) is 22.5. The lowest BCUT2D eigenvalue weighted by molar-refractivity contribution is -0.135. The highest BCUT2D eigenvalue weighted by molar-refractivity contribution is 7.89. The third-order valence-corrected chi connectivity index (χ3v) is 7.71. The van der Waals surface area contributed by atoms with Crippen LogP contribution in [0.25, 0.3) is 0 Å². The molecule has 30 heavy (non-hydrogen) atoms. The van der Waals surface area contributed by atoms with Crippen molar-refractivity contribution in [3.63, 3.8) is 0 Å². The van der Waals surface area contributed by atoms with Crippen LogP contribution in [0.5, 0.6) is 0 Å². The van der Waals surface area contributed by atoms with E-state index >= 15 is 0 Å². The molecule has 0 unspecified atom stereocenters. The molecule has 0 aromatic heterocycles. The average Bonchev–Trinajstić information content (AvgIpc) is 2.73. The van der Waals surface area contributed by atoms with Crippen LogP contribution in [0.15, 0.2) is 59.5 Å². The second-order valence-electron chi connectivity index (χ2n) is 9.13. The molecule has 6 heteroatoms. The second kappa shape index (κ2) is 8.90. The molecular formula is C24H32N2O3S. The molecule has 1 aliphatic rings.